The number of hydrogen-bond acceptors (Lipinski definition) is 2. The SMILES string of the molecule is CCCC(CN)c1ccc(Cl)s1. The maximum Gasteiger partial charge on any atom is 0.0931 e. The van der Waals surface area contributed by atoms with E-state index < -0.39 is 0 Å². The Morgan fingerprint density at radius 2 is 2.33 bits per heavy atom. The van der Waals surface area contributed by atoms with Crippen LogP contribution >= 0.6 is 22.9 Å². The van der Waals surface area contributed by atoms with E-state index in [1.807, 2.05) is 6.07 Å². The molecular weight excluding hydrogens is 190 g/mol. The Hall–Kier alpha value is -0.0500. The van der Waals surface area contributed by atoms with E-state index in [0.29, 0.717) is 5.92 Å². The smallest absolute Gasteiger partial charge is 0.0931 e. The van der Waals surface area contributed by atoms with Gasteiger partial charge in [-0.25, -0.2) is 0 Å². The van der Waals surface area contributed by atoms with E-state index in [2.05, 4.69) is 13.0 Å². The van der Waals surface area contributed by atoms with Crippen molar-refractivity contribution in [2.75, 3.05) is 6.54 Å². The van der Waals surface area contributed by atoms with Gasteiger partial charge in [0, 0.05) is 10.8 Å². The van der Waals surface area contributed by atoms with E-state index in [0.717, 1.165) is 17.3 Å². The molecule has 0 amide bonds. The van der Waals surface area contributed by atoms with Crippen molar-refractivity contribution in [2.45, 2.75) is 25.7 Å². The lowest BCUT2D eigenvalue weighted by atomic mass is 10.0. The molecule has 0 bridgehead atoms. The lowest BCUT2D eigenvalue weighted by Gasteiger charge is -2.10. The topological polar surface area (TPSA) is 26.0 Å². The molecule has 1 unspecified atom stereocenters. The van der Waals surface area contributed by atoms with Crippen molar-refractivity contribution in [3.63, 3.8) is 0 Å². The molecule has 1 aromatic rings. The Morgan fingerprint density at radius 3 is 2.75 bits per heavy atom. The summed E-state index contributed by atoms with van der Waals surface area (Å²) in [6.45, 7) is 2.91. The van der Waals surface area contributed by atoms with Gasteiger partial charge in [0.2, 0.25) is 0 Å². The standard InChI is InChI=1S/C9H14ClNS/c1-2-3-7(6-11)8-4-5-9(10)12-8/h4-5,7H,2-3,6,11H2,1H3. The van der Waals surface area contributed by atoms with Crippen LogP contribution in [0.3, 0.4) is 0 Å². The first-order chi connectivity index (χ1) is 5.77. The molecule has 3 heteroatoms. The maximum atomic E-state index is 5.84. The Morgan fingerprint density at radius 1 is 1.58 bits per heavy atom. The lowest BCUT2D eigenvalue weighted by Crippen LogP contribution is -2.10. The summed E-state index contributed by atoms with van der Waals surface area (Å²) in [6.07, 6.45) is 2.34. The second-order valence-corrected chi connectivity index (χ2v) is 4.61. The van der Waals surface area contributed by atoms with Crippen LogP contribution in [0.1, 0.15) is 30.6 Å². The van der Waals surface area contributed by atoms with Crippen LogP contribution in [-0.4, -0.2) is 6.54 Å². The van der Waals surface area contributed by atoms with Gasteiger partial charge < -0.3 is 5.73 Å². The third-order valence-corrected chi connectivity index (χ3v) is 3.31. The second kappa shape index (κ2) is 4.85. The molecule has 1 rings (SSSR count). The predicted molar refractivity (Wildman–Crippen MR) is 56.0 cm³/mol. The summed E-state index contributed by atoms with van der Waals surface area (Å²) in [5.41, 5.74) is 5.66. The average Bonchev–Trinajstić information content (AvgIpc) is 2.47. The fourth-order valence-electron chi connectivity index (χ4n) is 1.27. The highest BCUT2D eigenvalue weighted by Gasteiger charge is 2.10. The van der Waals surface area contributed by atoms with E-state index in [4.69, 9.17) is 17.3 Å². The van der Waals surface area contributed by atoms with E-state index in [-0.39, 0.29) is 0 Å². The Kier molecular flexibility index (Phi) is 4.06. The van der Waals surface area contributed by atoms with Gasteiger partial charge in [0.15, 0.2) is 0 Å². The van der Waals surface area contributed by atoms with Gasteiger partial charge >= 0.3 is 0 Å². The lowest BCUT2D eigenvalue weighted by molar-refractivity contribution is 0.632. The summed E-state index contributed by atoms with van der Waals surface area (Å²) in [4.78, 5) is 1.32. The molecule has 1 heterocycles. The monoisotopic (exact) mass is 203 g/mol. The first-order valence-corrected chi connectivity index (χ1v) is 5.42. The van der Waals surface area contributed by atoms with Gasteiger partial charge in [-0.1, -0.05) is 24.9 Å². The van der Waals surface area contributed by atoms with Crippen molar-refractivity contribution in [3.05, 3.63) is 21.3 Å². The van der Waals surface area contributed by atoms with Crippen LogP contribution in [0.4, 0.5) is 0 Å². The van der Waals surface area contributed by atoms with Crippen molar-refractivity contribution in [1.82, 2.24) is 0 Å². The number of halogens is 1. The first kappa shape index (κ1) is 10.0. The zero-order valence-corrected chi connectivity index (χ0v) is 8.79. The van der Waals surface area contributed by atoms with Crippen LogP contribution in [0, 0.1) is 0 Å². The Balaban J connectivity index is 2.66. The summed E-state index contributed by atoms with van der Waals surface area (Å²) in [7, 11) is 0. The molecule has 1 atom stereocenters. The molecule has 0 radical (unpaired) electrons. The van der Waals surface area contributed by atoms with Crippen LogP contribution in [-0.2, 0) is 0 Å². The molecule has 0 saturated heterocycles. The van der Waals surface area contributed by atoms with E-state index >= 15 is 0 Å². The van der Waals surface area contributed by atoms with Crippen molar-refractivity contribution < 1.29 is 0 Å². The highest BCUT2D eigenvalue weighted by Crippen LogP contribution is 2.30. The highest BCUT2D eigenvalue weighted by molar-refractivity contribution is 7.16. The molecule has 12 heavy (non-hydrogen) atoms. The number of hydrogen-bond donors (Lipinski definition) is 1. The number of nitrogens with two attached hydrogens (primary N) is 1. The van der Waals surface area contributed by atoms with Crippen LogP contribution < -0.4 is 5.73 Å². The van der Waals surface area contributed by atoms with Crippen LogP contribution in [0.15, 0.2) is 12.1 Å². The van der Waals surface area contributed by atoms with E-state index in [9.17, 15) is 0 Å². The molecule has 0 aliphatic carbocycles. The molecule has 0 spiro atoms. The maximum absolute atomic E-state index is 5.84. The third kappa shape index (κ3) is 2.47. The predicted octanol–water partition coefficient (Wildman–Crippen LogP) is 3.24. The van der Waals surface area contributed by atoms with Crippen molar-refractivity contribution in [3.8, 4) is 0 Å². The summed E-state index contributed by atoms with van der Waals surface area (Å²) >= 11 is 7.49. The summed E-state index contributed by atoms with van der Waals surface area (Å²) in [5.74, 6) is 0.507. The minimum Gasteiger partial charge on any atom is -0.330 e. The van der Waals surface area contributed by atoms with E-state index in [1.54, 1.807) is 11.3 Å². The fraction of sp³-hybridized carbons (Fsp3) is 0.556. The van der Waals surface area contributed by atoms with Crippen molar-refractivity contribution in [2.24, 2.45) is 5.73 Å². The Bertz CT molecular complexity index is 234. The van der Waals surface area contributed by atoms with Gasteiger partial charge in [0.25, 0.3) is 0 Å². The average molecular weight is 204 g/mol. The zero-order valence-electron chi connectivity index (χ0n) is 7.22. The van der Waals surface area contributed by atoms with Gasteiger partial charge in [0.1, 0.15) is 0 Å². The molecule has 0 saturated carbocycles. The highest BCUT2D eigenvalue weighted by atomic mass is 35.5. The number of rotatable bonds is 4. The Labute approximate surface area is 82.5 Å². The third-order valence-electron chi connectivity index (χ3n) is 1.92. The largest absolute Gasteiger partial charge is 0.330 e. The van der Waals surface area contributed by atoms with Gasteiger partial charge in [0.05, 0.1) is 4.34 Å². The van der Waals surface area contributed by atoms with Gasteiger partial charge in [-0.3, -0.25) is 0 Å². The first-order valence-electron chi connectivity index (χ1n) is 4.23. The minimum atomic E-state index is 0.507. The summed E-state index contributed by atoms with van der Waals surface area (Å²) in [5, 5.41) is 0. The second-order valence-electron chi connectivity index (χ2n) is 2.86. The molecule has 0 aliphatic heterocycles. The van der Waals surface area contributed by atoms with Gasteiger partial charge in [-0.05, 0) is 25.1 Å². The fourth-order valence-corrected chi connectivity index (χ4v) is 2.48. The molecule has 0 aromatic carbocycles. The van der Waals surface area contributed by atoms with Crippen LogP contribution in [0.2, 0.25) is 4.34 Å². The minimum absolute atomic E-state index is 0.507. The van der Waals surface area contributed by atoms with Crippen molar-refractivity contribution >= 4 is 22.9 Å². The van der Waals surface area contributed by atoms with E-state index in [1.165, 1.54) is 11.3 Å². The van der Waals surface area contributed by atoms with Crippen LogP contribution in [0.5, 0.6) is 0 Å². The zero-order chi connectivity index (χ0) is 8.97. The quantitative estimate of drug-likeness (QED) is 0.799. The van der Waals surface area contributed by atoms with Crippen molar-refractivity contribution in [1.29, 1.82) is 0 Å². The molecule has 2 N–H and O–H groups in total. The van der Waals surface area contributed by atoms with Gasteiger partial charge in [-0.15, -0.1) is 11.3 Å². The molecule has 1 aromatic heterocycles. The van der Waals surface area contributed by atoms with Crippen LogP contribution in [0.25, 0.3) is 0 Å². The molecule has 0 aliphatic rings. The molecular formula is C9H14ClNS. The molecule has 1 nitrogen and oxygen atoms in total. The number of thiophene rings is 1. The normalized spacial score (nSPS) is 13.2. The molecule has 68 valence electrons. The summed E-state index contributed by atoms with van der Waals surface area (Å²) in [6, 6.07) is 4.03. The van der Waals surface area contributed by atoms with Gasteiger partial charge in [-0.2, -0.15) is 0 Å². The molecule has 0 fully saturated rings. The summed E-state index contributed by atoms with van der Waals surface area (Å²) < 4.78 is 0.861.